The average Bonchev–Trinajstić information content (AvgIpc) is 2.96. The van der Waals surface area contributed by atoms with Crippen LogP contribution in [0.15, 0.2) is 29.3 Å². The summed E-state index contributed by atoms with van der Waals surface area (Å²) in [4.78, 5) is 8.91. The molecule has 0 radical (unpaired) electrons. The van der Waals surface area contributed by atoms with Gasteiger partial charge in [-0.1, -0.05) is 31.9 Å². The number of hydrogen-bond acceptors (Lipinski definition) is 3. The summed E-state index contributed by atoms with van der Waals surface area (Å²) in [6.07, 6.45) is 5.79. The molecule has 1 heterocycles. The molecule has 120 valence electrons. The molecule has 2 N–H and O–H groups in total. The molecular formula is C17H26N4S. The van der Waals surface area contributed by atoms with E-state index in [4.69, 9.17) is 0 Å². The predicted octanol–water partition coefficient (Wildman–Crippen LogP) is 3.58. The fourth-order valence-electron chi connectivity index (χ4n) is 2.28. The van der Waals surface area contributed by atoms with E-state index in [0.717, 1.165) is 37.4 Å². The molecular weight excluding hydrogens is 292 g/mol. The number of aliphatic imine (C=N–C) groups is 1. The van der Waals surface area contributed by atoms with E-state index in [9.17, 15) is 0 Å². The Hall–Kier alpha value is -1.62. The van der Waals surface area contributed by atoms with Gasteiger partial charge in [0, 0.05) is 26.6 Å². The Labute approximate surface area is 137 Å². The highest BCUT2D eigenvalue weighted by molar-refractivity contribution is 7.18. The number of guanidine groups is 1. The number of rotatable bonds is 8. The van der Waals surface area contributed by atoms with Gasteiger partial charge in [-0.3, -0.25) is 4.99 Å². The number of aryl methyl sites for hydroxylation is 1. The first-order valence-electron chi connectivity index (χ1n) is 8.12. The van der Waals surface area contributed by atoms with Gasteiger partial charge < -0.3 is 10.6 Å². The smallest absolute Gasteiger partial charge is 0.190 e. The Morgan fingerprint density at radius 2 is 1.91 bits per heavy atom. The predicted molar refractivity (Wildman–Crippen MR) is 96.8 cm³/mol. The van der Waals surface area contributed by atoms with E-state index in [1.807, 2.05) is 13.1 Å². The molecule has 1 aromatic carbocycles. The van der Waals surface area contributed by atoms with Gasteiger partial charge >= 0.3 is 0 Å². The molecule has 2 rings (SSSR count). The topological polar surface area (TPSA) is 49.3 Å². The number of fused-ring (bicyclic) bond motifs is 1. The van der Waals surface area contributed by atoms with Crippen molar-refractivity contribution in [1.29, 1.82) is 0 Å². The molecule has 0 saturated carbocycles. The molecule has 0 aliphatic heterocycles. The lowest BCUT2D eigenvalue weighted by molar-refractivity contribution is 0.677. The Balaban J connectivity index is 1.67. The standard InChI is InChI=1S/C17H26N4S/c1-3-4-7-12-19-17(18-2)20-13-8-11-16-21-14-9-5-6-10-15(14)22-16/h5-6,9-10H,3-4,7-8,11-13H2,1-2H3,(H2,18,19,20). The van der Waals surface area contributed by atoms with Gasteiger partial charge in [0.2, 0.25) is 0 Å². The van der Waals surface area contributed by atoms with Crippen LogP contribution in [-0.2, 0) is 6.42 Å². The van der Waals surface area contributed by atoms with Crippen LogP contribution in [0.3, 0.4) is 0 Å². The third-order valence-corrected chi connectivity index (χ3v) is 4.59. The minimum atomic E-state index is 0.903. The first kappa shape index (κ1) is 16.7. The maximum Gasteiger partial charge on any atom is 0.190 e. The summed E-state index contributed by atoms with van der Waals surface area (Å²) in [6, 6.07) is 8.33. The highest BCUT2D eigenvalue weighted by Crippen LogP contribution is 2.22. The lowest BCUT2D eigenvalue weighted by Crippen LogP contribution is -2.38. The van der Waals surface area contributed by atoms with Crippen LogP contribution >= 0.6 is 11.3 Å². The molecule has 0 aliphatic rings. The van der Waals surface area contributed by atoms with E-state index in [-0.39, 0.29) is 0 Å². The molecule has 0 saturated heterocycles. The van der Waals surface area contributed by atoms with E-state index in [1.54, 1.807) is 11.3 Å². The summed E-state index contributed by atoms with van der Waals surface area (Å²) < 4.78 is 1.28. The van der Waals surface area contributed by atoms with Crippen LogP contribution in [0.4, 0.5) is 0 Å². The van der Waals surface area contributed by atoms with Crippen LogP contribution < -0.4 is 10.6 Å². The Morgan fingerprint density at radius 1 is 1.14 bits per heavy atom. The van der Waals surface area contributed by atoms with Crippen LogP contribution in [0.1, 0.15) is 37.6 Å². The van der Waals surface area contributed by atoms with Crippen LogP contribution in [0.2, 0.25) is 0 Å². The molecule has 0 unspecified atom stereocenters. The minimum absolute atomic E-state index is 0.903. The summed E-state index contributed by atoms with van der Waals surface area (Å²) in [5.41, 5.74) is 1.11. The zero-order valence-corrected chi connectivity index (χ0v) is 14.4. The second-order valence-corrected chi connectivity index (χ2v) is 6.43. The molecule has 0 fully saturated rings. The van der Waals surface area contributed by atoms with Crippen molar-refractivity contribution in [2.45, 2.75) is 39.0 Å². The monoisotopic (exact) mass is 318 g/mol. The zero-order valence-electron chi connectivity index (χ0n) is 13.6. The number of hydrogen-bond donors (Lipinski definition) is 2. The van der Waals surface area contributed by atoms with Crippen molar-refractivity contribution in [3.05, 3.63) is 29.3 Å². The van der Waals surface area contributed by atoms with E-state index in [2.05, 4.69) is 45.7 Å². The van der Waals surface area contributed by atoms with Crippen molar-refractivity contribution in [2.24, 2.45) is 4.99 Å². The van der Waals surface area contributed by atoms with Crippen molar-refractivity contribution in [2.75, 3.05) is 20.1 Å². The largest absolute Gasteiger partial charge is 0.356 e. The maximum atomic E-state index is 4.66. The first-order valence-corrected chi connectivity index (χ1v) is 8.94. The number of aromatic nitrogens is 1. The molecule has 1 aromatic heterocycles. The van der Waals surface area contributed by atoms with Gasteiger partial charge in [0.05, 0.1) is 15.2 Å². The second-order valence-electron chi connectivity index (χ2n) is 5.31. The Kier molecular flexibility index (Phi) is 7.16. The summed E-state index contributed by atoms with van der Waals surface area (Å²) in [6.45, 7) is 4.13. The van der Waals surface area contributed by atoms with E-state index < -0.39 is 0 Å². The number of unbranched alkanes of at least 4 members (excludes halogenated alkanes) is 2. The maximum absolute atomic E-state index is 4.66. The molecule has 22 heavy (non-hydrogen) atoms. The highest BCUT2D eigenvalue weighted by Gasteiger charge is 2.03. The van der Waals surface area contributed by atoms with Gasteiger partial charge in [-0.2, -0.15) is 0 Å². The third-order valence-electron chi connectivity index (χ3n) is 3.49. The summed E-state index contributed by atoms with van der Waals surface area (Å²) in [5, 5.41) is 7.93. The molecule has 2 aromatic rings. The van der Waals surface area contributed by atoms with E-state index in [0.29, 0.717) is 0 Å². The number of nitrogens with zero attached hydrogens (tertiary/aromatic N) is 2. The average molecular weight is 318 g/mol. The van der Waals surface area contributed by atoms with E-state index >= 15 is 0 Å². The Morgan fingerprint density at radius 3 is 2.64 bits per heavy atom. The zero-order chi connectivity index (χ0) is 15.6. The second kappa shape index (κ2) is 9.41. The van der Waals surface area contributed by atoms with Crippen molar-refractivity contribution < 1.29 is 0 Å². The van der Waals surface area contributed by atoms with Crippen LogP contribution in [0, 0.1) is 0 Å². The van der Waals surface area contributed by atoms with Gasteiger partial charge in [-0.15, -0.1) is 11.3 Å². The molecule has 0 aliphatic carbocycles. The molecule has 0 bridgehead atoms. The lowest BCUT2D eigenvalue weighted by Gasteiger charge is -2.11. The van der Waals surface area contributed by atoms with Gasteiger partial charge in [-0.05, 0) is 25.0 Å². The fourth-order valence-corrected chi connectivity index (χ4v) is 3.28. The minimum Gasteiger partial charge on any atom is -0.356 e. The SMILES string of the molecule is CCCCCNC(=NC)NCCCc1nc2ccccc2s1. The van der Waals surface area contributed by atoms with Gasteiger partial charge in [0.1, 0.15) is 0 Å². The third kappa shape index (κ3) is 5.30. The molecule has 0 spiro atoms. The highest BCUT2D eigenvalue weighted by atomic mass is 32.1. The van der Waals surface area contributed by atoms with Gasteiger partial charge in [-0.25, -0.2) is 4.98 Å². The quantitative estimate of drug-likeness (QED) is 0.444. The fraction of sp³-hybridized carbons (Fsp3) is 0.529. The number of nitrogens with one attached hydrogen (secondary N) is 2. The number of para-hydroxylation sites is 1. The van der Waals surface area contributed by atoms with Crippen molar-refractivity contribution in [3.63, 3.8) is 0 Å². The van der Waals surface area contributed by atoms with Crippen LogP contribution in [0.25, 0.3) is 10.2 Å². The van der Waals surface area contributed by atoms with Crippen LogP contribution in [-0.4, -0.2) is 31.1 Å². The Bertz CT molecular complexity index is 558. The summed E-state index contributed by atoms with van der Waals surface area (Å²) in [7, 11) is 1.82. The molecule has 4 nitrogen and oxygen atoms in total. The number of thiazole rings is 1. The first-order chi connectivity index (χ1) is 10.8. The molecule has 0 atom stereocenters. The lowest BCUT2D eigenvalue weighted by atomic mass is 10.2. The van der Waals surface area contributed by atoms with Crippen molar-refractivity contribution in [1.82, 2.24) is 15.6 Å². The normalized spacial score (nSPS) is 11.8. The van der Waals surface area contributed by atoms with Crippen LogP contribution in [0.5, 0.6) is 0 Å². The van der Waals surface area contributed by atoms with Crippen molar-refractivity contribution in [3.8, 4) is 0 Å². The summed E-state index contributed by atoms with van der Waals surface area (Å²) >= 11 is 1.80. The molecule has 5 heteroatoms. The molecule has 0 amide bonds. The number of benzene rings is 1. The summed E-state index contributed by atoms with van der Waals surface area (Å²) in [5.74, 6) is 0.903. The van der Waals surface area contributed by atoms with Gasteiger partial charge in [0.15, 0.2) is 5.96 Å². The van der Waals surface area contributed by atoms with Gasteiger partial charge in [0.25, 0.3) is 0 Å². The van der Waals surface area contributed by atoms with E-state index in [1.165, 1.54) is 29.0 Å². The van der Waals surface area contributed by atoms with Crippen molar-refractivity contribution >= 4 is 27.5 Å².